The Labute approximate surface area is 119 Å². The Morgan fingerprint density at radius 2 is 2.10 bits per heavy atom. The molecule has 0 spiro atoms. The lowest BCUT2D eigenvalue weighted by atomic mass is 9.63. The molecule has 1 N–H and O–H groups in total. The molecule has 1 saturated carbocycles. The van der Waals surface area contributed by atoms with Crippen LogP contribution in [0.4, 0.5) is 0 Å². The third-order valence-electron chi connectivity index (χ3n) is 4.64. The Balaban J connectivity index is 1.87. The Hall–Kier alpha value is -1.39. The van der Waals surface area contributed by atoms with Gasteiger partial charge < -0.3 is 14.7 Å². The summed E-state index contributed by atoms with van der Waals surface area (Å²) in [7, 11) is 0. The van der Waals surface area contributed by atoms with Gasteiger partial charge in [-0.15, -0.1) is 0 Å². The minimum absolute atomic E-state index is 0.0311. The molecule has 1 amide bonds. The molecule has 1 aliphatic carbocycles. The smallest absolute Gasteiger partial charge is 0.233 e. The topological polar surface area (TPSA) is 49.8 Å². The summed E-state index contributed by atoms with van der Waals surface area (Å²) in [5.74, 6) is 0.164. The number of rotatable bonds is 3. The quantitative estimate of drug-likeness (QED) is 0.905. The highest BCUT2D eigenvalue weighted by Crippen LogP contribution is 2.45. The number of hydrogen-bond acceptors (Lipinski definition) is 3. The second-order valence-electron chi connectivity index (χ2n) is 5.71. The van der Waals surface area contributed by atoms with Crippen LogP contribution >= 0.6 is 0 Å². The number of hydrogen-bond donors (Lipinski definition) is 1. The fraction of sp³-hybridized carbons (Fsp3) is 0.562. The minimum Gasteiger partial charge on any atom is -0.394 e. The van der Waals surface area contributed by atoms with Gasteiger partial charge in [-0.1, -0.05) is 36.8 Å². The first-order chi connectivity index (χ1) is 9.78. The molecule has 0 bridgehead atoms. The van der Waals surface area contributed by atoms with Crippen LogP contribution in [-0.2, 0) is 14.9 Å². The maximum Gasteiger partial charge on any atom is 0.233 e. The Bertz CT molecular complexity index is 470. The first-order valence-electron chi connectivity index (χ1n) is 7.33. The largest absolute Gasteiger partial charge is 0.394 e. The molecule has 4 heteroatoms. The van der Waals surface area contributed by atoms with Crippen LogP contribution in [0.3, 0.4) is 0 Å². The molecule has 1 atom stereocenters. The van der Waals surface area contributed by atoms with Gasteiger partial charge in [0.15, 0.2) is 0 Å². The van der Waals surface area contributed by atoms with Crippen molar-refractivity contribution in [3.05, 3.63) is 35.9 Å². The average molecular weight is 275 g/mol. The molecule has 1 heterocycles. The monoisotopic (exact) mass is 275 g/mol. The van der Waals surface area contributed by atoms with E-state index < -0.39 is 0 Å². The zero-order valence-corrected chi connectivity index (χ0v) is 11.6. The van der Waals surface area contributed by atoms with Gasteiger partial charge in [0.05, 0.1) is 31.3 Å². The van der Waals surface area contributed by atoms with Crippen molar-refractivity contribution in [3.63, 3.8) is 0 Å². The van der Waals surface area contributed by atoms with E-state index in [4.69, 9.17) is 4.74 Å². The summed E-state index contributed by atoms with van der Waals surface area (Å²) >= 11 is 0. The standard InChI is InChI=1S/C16H21NO3/c18-11-14-12-20-10-9-17(14)15(19)16(7-4-8-16)13-5-2-1-3-6-13/h1-3,5-6,14,18H,4,7-12H2. The van der Waals surface area contributed by atoms with Crippen molar-refractivity contribution in [1.29, 1.82) is 0 Å². The fourth-order valence-corrected chi connectivity index (χ4v) is 3.26. The molecular formula is C16H21NO3. The molecule has 108 valence electrons. The van der Waals surface area contributed by atoms with E-state index in [0.29, 0.717) is 19.8 Å². The van der Waals surface area contributed by atoms with E-state index in [9.17, 15) is 9.90 Å². The molecule has 0 radical (unpaired) electrons. The maximum absolute atomic E-state index is 13.0. The number of carbonyl (C=O) groups excluding carboxylic acids is 1. The van der Waals surface area contributed by atoms with Gasteiger partial charge in [-0.25, -0.2) is 0 Å². The number of benzene rings is 1. The van der Waals surface area contributed by atoms with Crippen LogP contribution in [-0.4, -0.2) is 48.3 Å². The summed E-state index contributed by atoms with van der Waals surface area (Å²) in [4.78, 5) is 14.9. The fourth-order valence-electron chi connectivity index (χ4n) is 3.26. The van der Waals surface area contributed by atoms with Gasteiger partial charge >= 0.3 is 0 Å². The number of aliphatic hydroxyl groups excluding tert-OH is 1. The van der Waals surface area contributed by atoms with Gasteiger partial charge in [0.2, 0.25) is 5.91 Å². The highest BCUT2D eigenvalue weighted by Gasteiger charge is 2.49. The van der Waals surface area contributed by atoms with Gasteiger partial charge in [-0.3, -0.25) is 4.79 Å². The van der Waals surface area contributed by atoms with Crippen molar-refractivity contribution < 1.29 is 14.6 Å². The van der Waals surface area contributed by atoms with Crippen molar-refractivity contribution >= 4 is 5.91 Å². The van der Waals surface area contributed by atoms with Gasteiger partial charge in [0, 0.05) is 6.54 Å². The zero-order chi connectivity index (χ0) is 14.0. The Morgan fingerprint density at radius 1 is 1.35 bits per heavy atom. The molecule has 1 unspecified atom stereocenters. The summed E-state index contributed by atoms with van der Waals surface area (Å²) in [6, 6.07) is 9.86. The van der Waals surface area contributed by atoms with E-state index in [0.717, 1.165) is 24.8 Å². The Kier molecular flexibility index (Phi) is 3.76. The molecule has 1 aliphatic heterocycles. The average Bonchev–Trinajstić information content (AvgIpc) is 2.47. The molecule has 2 fully saturated rings. The van der Waals surface area contributed by atoms with Crippen molar-refractivity contribution in [2.75, 3.05) is 26.4 Å². The second-order valence-corrected chi connectivity index (χ2v) is 5.71. The highest BCUT2D eigenvalue weighted by atomic mass is 16.5. The highest BCUT2D eigenvalue weighted by molar-refractivity contribution is 5.89. The van der Waals surface area contributed by atoms with Crippen LogP contribution in [0.5, 0.6) is 0 Å². The van der Waals surface area contributed by atoms with Gasteiger partial charge in [-0.05, 0) is 18.4 Å². The van der Waals surface area contributed by atoms with Crippen molar-refractivity contribution in [2.45, 2.75) is 30.7 Å². The van der Waals surface area contributed by atoms with E-state index in [2.05, 4.69) is 0 Å². The summed E-state index contributed by atoms with van der Waals surface area (Å²) in [6.45, 7) is 1.55. The van der Waals surface area contributed by atoms with Gasteiger partial charge in [0.25, 0.3) is 0 Å². The zero-order valence-electron chi connectivity index (χ0n) is 11.6. The van der Waals surface area contributed by atoms with Gasteiger partial charge in [-0.2, -0.15) is 0 Å². The first kappa shape index (κ1) is 13.6. The number of aliphatic hydroxyl groups is 1. The van der Waals surface area contributed by atoms with Crippen LogP contribution in [0.2, 0.25) is 0 Å². The molecule has 0 aromatic heterocycles. The summed E-state index contributed by atoms with van der Waals surface area (Å²) in [5, 5.41) is 9.46. The molecule has 2 aliphatic rings. The van der Waals surface area contributed by atoms with Crippen LogP contribution in [0.1, 0.15) is 24.8 Å². The van der Waals surface area contributed by atoms with E-state index in [1.165, 1.54) is 0 Å². The summed E-state index contributed by atoms with van der Waals surface area (Å²) < 4.78 is 5.37. The lowest BCUT2D eigenvalue weighted by molar-refractivity contribution is -0.151. The third kappa shape index (κ3) is 2.13. The van der Waals surface area contributed by atoms with Crippen molar-refractivity contribution in [2.24, 2.45) is 0 Å². The predicted molar refractivity (Wildman–Crippen MR) is 75.4 cm³/mol. The van der Waals surface area contributed by atoms with Crippen LogP contribution in [0.15, 0.2) is 30.3 Å². The Morgan fingerprint density at radius 3 is 2.70 bits per heavy atom. The molecule has 3 rings (SSSR count). The minimum atomic E-state index is -0.369. The molecule has 1 aromatic carbocycles. The van der Waals surface area contributed by atoms with Gasteiger partial charge in [0.1, 0.15) is 0 Å². The number of carbonyl (C=O) groups is 1. The number of ether oxygens (including phenoxy) is 1. The molecule has 4 nitrogen and oxygen atoms in total. The number of nitrogens with zero attached hydrogens (tertiary/aromatic N) is 1. The third-order valence-corrected chi connectivity index (χ3v) is 4.64. The molecule has 1 saturated heterocycles. The van der Waals surface area contributed by atoms with Crippen LogP contribution in [0.25, 0.3) is 0 Å². The van der Waals surface area contributed by atoms with Crippen LogP contribution in [0, 0.1) is 0 Å². The lowest BCUT2D eigenvalue weighted by Crippen LogP contribution is -2.58. The predicted octanol–water partition coefficient (Wildman–Crippen LogP) is 1.33. The number of morpholine rings is 1. The molecule has 20 heavy (non-hydrogen) atoms. The molecular weight excluding hydrogens is 254 g/mol. The summed E-state index contributed by atoms with van der Waals surface area (Å²) in [5.41, 5.74) is 0.742. The lowest BCUT2D eigenvalue weighted by Gasteiger charge is -2.47. The maximum atomic E-state index is 13.0. The second kappa shape index (κ2) is 5.54. The van der Waals surface area contributed by atoms with Crippen molar-refractivity contribution in [3.8, 4) is 0 Å². The SMILES string of the molecule is O=C(N1CCOCC1CO)C1(c2ccccc2)CCC1. The number of amides is 1. The van der Waals surface area contributed by atoms with Crippen molar-refractivity contribution in [1.82, 2.24) is 4.90 Å². The first-order valence-corrected chi connectivity index (χ1v) is 7.33. The molecule has 1 aromatic rings. The van der Waals surface area contributed by atoms with Crippen LogP contribution < -0.4 is 0 Å². The van der Waals surface area contributed by atoms with E-state index in [1.807, 2.05) is 35.2 Å². The normalized spacial score (nSPS) is 25.1. The van der Waals surface area contributed by atoms with E-state index in [-0.39, 0.29) is 24.0 Å². The van der Waals surface area contributed by atoms with E-state index >= 15 is 0 Å². The van der Waals surface area contributed by atoms with E-state index in [1.54, 1.807) is 0 Å². The summed E-state index contributed by atoms with van der Waals surface area (Å²) in [6.07, 6.45) is 2.91.